The van der Waals surface area contributed by atoms with Crippen LogP contribution in [0.25, 0.3) is 0 Å². The monoisotopic (exact) mass is 338 g/mol. The number of nitrogens with zero attached hydrogens (tertiary/aromatic N) is 1. The molecule has 0 spiro atoms. The number of hydrogen-bond acceptors (Lipinski definition) is 3. The summed E-state index contributed by atoms with van der Waals surface area (Å²) in [5.41, 5.74) is 1.62. The second-order valence-electron chi connectivity index (χ2n) is 6.11. The molecule has 2 heterocycles. The van der Waals surface area contributed by atoms with Gasteiger partial charge in [0, 0.05) is 42.6 Å². The van der Waals surface area contributed by atoms with E-state index < -0.39 is 0 Å². The van der Waals surface area contributed by atoms with Gasteiger partial charge in [0.1, 0.15) is 0 Å². The molecule has 0 aromatic heterocycles. The van der Waals surface area contributed by atoms with E-state index in [0.717, 1.165) is 37.3 Å². The first kappa shape index (κ1) is 14.5. The molecule has 1 aromatic carbocycles. The molecule has 20 heavy (non-hydrogen) atoms. The minimum Gasteiger partial charge on any atom is -0.379 e. The van der Waals surface area contributed by atoms with Gasteiger partial charge in [0.2, 0.25) is 0 Å². The third kappa shape index (κ3) is 2.80. The van der Waals surface area contributed by atoms with Gasteiger partial charge < -0.3 is 15.0 Å². The summed E-state index contributed by atoms with van der Waals surface area (Å²) in [7, 11) is 0. The number of halogens is 1. The highest BCUT2D eigenvalue weighted by molar-refractivity contribution is 9.10. The van der Waals surface area contributed by atoms with Crippen LogP contribution >= 0.6 is 15.9 Å². The third-order valence-electron chi connectivity index (χ3n) is 4.80. The Morgan fingerprint density at radius 3 is 2.70 bits per heavy atom. The summed E-state index contributed by atoms with van der Waals surface area (Å²) < 4.78 is 6.76. The topological polar surface area (TPSA) is 24.5 Å². The van der Waals surface area contributed by atoms with Gasteiger partial charge >= 0.3 is 0 Å². The molecule has 1 N–H and O–H groups in total. The molecule has 3 rings (SSSR count). The van der Waals surface area contributed by atoms with Crippen molar-refractivity contribution in [1.29, 1.82) is 0 Å². The normalized spacial score (nSPS) is 24.1. The minimum absolute atomic E-state index is 0.203. The minimum atomic E-state index is 0.203. The van der Waals surface area contributed by atoms with E-state index in [1.165, 1.54) is 18.7 Å². The van der Waals surface area contributed by atoms with E-state index in [4.69, 9.17) is 4.74 Å². The average molecular weight is 339 g/mol. The number of rotatable bonds is 4. The van der Waals surface area contributed by atoms with Crippen LogP contribution in [0.4, 0.5) is 0 Å². The Labute approximate surface area is 129 Å². The molecule has 2 fully saturated rings. The van der Waals surface area contributed by atoms with Gasteiger partial charge in [-0.1, -0.05) is 35.0 Å². The number of ether oxygens (including phenoxy) is 1. The van der Waals surface area contributed by atoms with Gasteiger partial charge in [0.15, 0.2) is 0 Å². The largest absolute Gasteiger partial charge is 0.379 e. The Bertz CT molecular complexity index is 456. The van der Waals surface area contributed by atoms with Crippen molar-refractivity contribution in [3.05, 3.63) is 34.3 Å². The molecule has 0 aliphatic carbocycles. The van der Waals surface area contributed by atoms with Gasteiger partial charge in [-0.3, -0.25) is 0 Å². The highest BCUT2D eigenvalue weighted by Crippen LogP contribution is 2.40. The zero-order valence-corrected chi connectivity index (χ0v) is 13.7. The lowest BCUT2D eigenvalue weighted by Crippen LogP contribution is -2.56. The second kappa shape index (κ2) is 6.14. The summed E-state index contributed by atoms with van der Waals surface area (Å²) >= 11 is 3.60. The predicted octanol–water partition coefficient (Wildman–Crippen LogP) is 2.26. The second-order valence-corrected chi connectivity index (χ2v) is 7.03. The molecule has 1 atom stereocenters. The van der Waals surface area contributed by atoms with Crippen molar-refractivity contribution in [3.63, 3.8) is 0 Å². The van der Waals surface area contributed by atoms with E-state index in [2.05, 4.69) is 57.3 Å². The highest BCUT2D eigenvalue weighted by atomic mass is 79.9. The summed E-state index contributed by atoms with van der Waals surface area (Å²) in [5, 5.41) is 3.42. The van der Waals surface area contributed by atoms with Crippen molar-refractivity contribution in [2.75, 3.05) is 45.9 Å². The first-order chi connectivity index (χ1) is 9.71. The number of benzene rings is 1. The van der Waals surface area contributed by atoms with Gasteiger partial charge in [0.25, 0.3) is 0 Å². The van der Waals surface area contributed by atoms with Crippen molar-refractivity contribution in [1.82, 2.24) is 10.2 Å². The summed E-state index contributed by atoms with van der Waals surface area (Å²) in [6.45, 7) is 9.83. The van der Waals surface area contributed by atoms with Gasteiger partial charge in [-0.25, -0.2) is 0 Å². The van der Waals surface area contributed by atoms with Gasteiger partial charge in [-0.2, -0.15) is 0 Å². The van der Waals surface area contributed by atoms with Crippen LogP contribution < -0.4 is 5.32 Å². The van der Waals surface area contributed by atoms with Crippen LogP contribution in [-0.2, 0) is 10.2 Å². The van der Waals surface area contributed by atoms with Crippen LogP contribution in [0.15, 0.2) is 28.7 Å². The Kier molecular flexibility index (Phi) is 4.46. The number of nitrogens with one attached hydrogen (secondary N) is 1. The molecule has 1 unspecified atom stereocenters. The molecule has 0 radical (unpaired) electrons. The molecule has 0 saturated carbocycles. The number of hydrogen-bond donors (Lipinski definition) is 1. The number of piperazine rings is 1. The maximum atomic E-state index is 5.60. The van der Waals surface area contributed by atoms with E-state index in [0.29, 0.717) is 5.92 Å². The summed E-state index contributed by atoms with van der Waals surface area (Å²) in [4.78, 5) is 2.58. The van der Waals surface area contributed by atoms with Crippen LogP contribution in [0.5, 0.6) is 0 Å². The van der Waals surface area contributed by atoms with Crippen LogP contribution in [0.3, 0.4) is 0 Å². The van der Waals surface area contributed by atoms with Crippen LogP contribution in [-0.4, -0.2) is 50.8 Å². The molecule has 1 aromatic rings. The van der Waals surface area contributed by atoms with Crippen LogP contribution in [0.1, 0.15) is 12.5 Å². The van der Waals surface area contributed by atoms with Crippen LogP contribution in [0.2, 0.25) is 0 Å². The molecular weight excluding hydrogens is 316 g/mol. The molecule has 0 amide bonds. The third-order valence-corrected chi connectivity index (χ3v) is 5.30. The molecule has 0 bridgehead atoms. The lowest BCUT2D eigenvalue weighted by molar-refractivity contribution is -0.0926. The zero-order chi connectivity index (χ0) is 14.0. The van der Waals surface area contributed by atoms with Crippen LogP contribution in [0, 0.1) is 5.92 Å². The highest BCUT2D eigenvalue weighted by Gasteiger charge is 2.45. The molecule has 3 nitrogen and oxygen atoms in total. The van der Waals surface area contributed by atoms with Gasteiger partial charge in [-0.15, -0.1) is 0 Å². The Morgan fingerprint density at radius 2 is 2.10 bits per heavy atom. The SMILES string of the molecule is CC(CN1CCNCC1)C1(c2cccc(Br)c2)COC1. The van der Waals surface area contributed by atoms with Crippen molar-refractivity contribution in [3.8, 4) is 0 Å². The molecule has 110 valence electrons. The quantitative estimate of drug-likeness (QED) is 0.911. The van der Waals surface area contributed by atoms with Crippen molar-refractivity contribution >= 4 is 15.9 Å². The van der Waals surface area contributed by atoms with Crippen molar-refractivity contribution < 1.29 is 4.74 Å². The zero-order valence-electron chi connectivity index (χ0n) is 12.1. The maximum Gasteiger partial charge on any atom is 0.0588 e. The fourth-order valence-electron chi connectivity index (χ4n) is 3.31. The van der Waals surface area contributed by atoms with Gasteiger partial charge in [-0.05, 0) is 23.6 Å². The lowest BCUT2D eigenvalue weighted by Gasteiger charge is -2.48. The molecule has 2 aliphatic rings. The smallest absolute Gasteiger partial charge is 0.0588 e. The molecular formula is C16H23BrN2O. The summed E-state index contributed by atoms with van der Waals surface area (Å²) in [6, 6.07) is 8.74. The first-order valence-corrected chi connectivity index (χ1v) is 8.27. The van der Waals surface area contributed by atoms with E-state index >= 15 is 0 Å². The van der Waals surface area contributed by atoms with Gasteiger partial charge in [0.05, 0.1) is 13.2 Å². The predicted molar refractivity (Wildman–Crippen MR) is 85.1 cm³/mol. The molecule has 4 heteroatoms. The standard InChI is InChI=1S/C16H23BrN2O/c1-13(10-19-7-5-18-6-8-19)16(11-20-12-16)14-3-2-4-15(17)9-14/h2-4,9,13,18H,5-8,10-12H2,1H3. The molecule has 2 saturated heterocycles. The van der Waals surface area contributed by atoms with E-state index in [1.807, 2.05) is 0 Å². The Morgan fingerprint density at radius 1 is 1.35 bits per heavy atom. The van der Waals surface area contributed by atoms with E-state index in [1.54, 1.807) is 0 Å². The van der Waals surface area contributed by atoms with E-state index in [9.17, 15) is 0 Å². The molecule has 2 aliphatic heterocycles. The fraction of sp³-hybridized carbons (Fsp3) is 0.625. The fourth-order valence-corrected chi connectivity index (χ4v) is 3.71. The maximum absolute atomic E-state index is 5.60. The van der Waals surface area contributed by atoms with E-state index in [-0.39, 0.29) is 5.41 Å². The lowest BCUT2D eigenvalue weighted by atomic mass is 9.69. The Hall–Kier alpha value is -0.420. The Balaban J connectivity index is 1.74. The first-order valence-electron chi connectivity index (χ1n) is 7.47. The van der Waals surface area contributed by atoms with Crippen molar-refractivity contribution in [2.45, 2.75) is 12.3 Å². The summed E-state index contributed by atoms with van der Waals surface area (Å²) in [6.07, 6.45) is 0. The van der Waals surface area contributed by atoms with Crippen molar-refractivity contribution in [2.24, 2.45) is 5.92 Å². The average Bonchev–Trinajstić information content (AvgIpc) is 2.38. The summed E-state index contributed by atoms with van der Waals surface area (Å²) in [5.74, 6) is 0.614.